The molecule has 1 aromatic heterocycles. The summed E-state index contributed by atoms with van der Waals surface area (Å²) in [4.78, 5) is 12.7. The van der Waals surface area contributed by atoms with E-state index in [2.05, 4.69) is 10.6 Å². The number of carbonyl (C=O) groups excluding carboxylic acids is 1. The van der Waals surface area contributed by atoms with Crippen molar-refractivity contribution in [1.29, 1.82) is 0 Å². The molecule has 0 bridgehead atoms. The maximum atomic E-state index is 11.6. The average Bonchev–Trinajstić information content (AvgIpc) is 2.84. The molecule has 16 heavy (non-hydrogen) atoms. The second-order valence-electron chi connectivity index (χ2n) is 3.57. The highest BCUT2D eigenvalue weighted by Crippen LogP contribution is 2.21. The summed E-state index contributed by atoms with van der Waals surface area (Å²) < 4.78 is 0.762. The number of nitrogens with one attached hydrogen (secondary N) is 2. The van der Waals surface area contributed by atoms with E-state index in [0.29, 0.717) is 6.54 Å². The summed E-state index contributed by atoms with van der Waals surface area (Å²) in [6, 6.07) is 3.79. The van der Waals surface area contributed by atoms with Gasteiger partial charge >= 0.3 is 0 Å². The summed E-state index contributed by atoms with van der Waals surface area (Å²) in [5.74, 6) is 0.0945. The Morgan fingerprint density at radius 2 is 2.44 bits per heavy atom. The average molecular weight is 281 g/mol. The van der Waals surface area contributed by atoms with Gasteiger partial charge in [0.15, 0.2) is 0 Å². The topological polar surface area (TPSA) is 41.1 Å². The van der Waals surface area contributed by atoms with Crippen LogP contribution in [0.2, 0.25) is 4.34 Å². The van der Waals surface area contributed by atoms with Crippen LogP contribution in [0.25, 0.3) is 0 Å². The van der Waals surface area contributed by atoms with Gasteiger partial charge in [-0.3, -0.25) is 4.79 Å². The molecule has 2 heterocycles. The van der Waals surface area contributed by atoms with Gasteiger partial charge in [0.25, 0.3) is 0 Å². The van der Waals surface area contributed by atoms with E-state index >= 15 is 0 Å². The minimum Gasteiger partial charge on any atom is -0.350 e. The Morgan fingerprint density at radius 3 is 3.00 bits per heavy atom. The molecule has 0 radical (unpaired) electrons. The maximum Gasteiger partial charge on any atom is 0.237 e. The molecule has 3 nitrogen and oxygen atoms in total. The van der Waals surface area contributed by atoms with Crippen molar-refractivity contribution in [2.75, 3.05) is 6.54 Å². The van der Waals surface area contributed by atoms with Gasteiger partial charge in [0.05, 0.1) is 16.9 Å². The molecule has 0 saturated carbocycles. The lowest BCUT2D eigenvalue weighted by molar-refractivity contribution is -0.122. The van der Waals surface area contributed by atoms with Crippen LogP contribution in [0.5, 0.6) is 0 Å². The Balaban J connectivity index is 0.00000128. The number of hydrogen-bond acceptors (Lipinski definition) is 3. The Hall–Kier alpha value is -0.290. The highest BCUT2D eigenvalue weighted by Gasteiger charge is 2.21. The second kappa shape index (κ2) is 6.45. The zero-order valence-corrected chi connectivity index (χ0v) is 11.1. The fourth-order valence-corrected chi connectivity index (χ4v) is 2.68. The van der Waals surface area contributed by atoms with E-state index in [0.717, 1.165) is 28.6 Å². The predicted molar refractivity (Wildman–Crippen MR) is 69.4 cm³/mol. The molecule has 0 aromatic carbocycles. The van der Waals surface area contributed by atoms with Crippen molar-refractivity contribution in [2.45, 2.75) is 25.4 Å². The molecule has 1 aliphatic rings. The first-order valence-electron chi connectivity index (χ1n) is 5.01. The van der Waals surface area contributed by atoms with Crippen LogP contribution < -0.4 is 10.6 Å². The molecule has 90 valence electrons. The van der Waals surface area contributed by atoms with Crippen LogP contribution in [-0.4, -0.2) is 18.5 Å². The first-order valence-corrected chi connectivity index (χ1v) is 6.20. The molecule has 1 aromatic rings. The largest absolute Gasteiger partial charge is 0.350 e. The van der Waals surface area contributed by atoms with Crippen molar-refractivity contribution >= 4 is 41.3 Å². The number of rotatable bonds is 3. The van der Waals surface area contributed by atoms with E-state index in [1.54, 1.807) is 0 Å². The Labute approximate surface area is 110 Å². The molecule has 0 aliphatic carbocycles. The zero-order chi connectivity index (χ0) is 10.7. The number of hydrogen-bond donors (Lipinski definition) is 2. The summed E-state index contributed by atoms with van der Waals surface area (Å²) >= 11 is 7.30. The number of halogens is 2. The minimum atomic E-state index is 0. The third-order valence-electron chi connectivity index (χ3n) is 2.44. The maximum absolute atomic E-state index is 11.6. The molecule has 1 aliphatic heterocycles. The lowest BCUT2D eigenvalue weighted by Gasteiger charge is -2.09. The smallest absolute Gasteiger partial charge is 0.237 e. The van der Waals surface area contributed by atoms with E-state index in [9.17, 15) is 4.79 Å². The summed E-state index contributed by atoms with van der Waals surface area (Å²) in [6.45, 7) is 1.53. The highest BCUT2D eigenvalue weighted by atomic mass is 35.5. The van der Waals surface area contributed by atoms with E-state index in [4.69, 9.17) is 11.6 Å². The summed E-state index contributed by atoms with van der Waals surface area (Å²) in [5.41, 5.74) is 0. The third kappa shape index (κ3) is 3.63. The summed E-state index contributed by atoms with van der Waals surface area (Å²) in [6.07, 6.45) is 2.03. The lowest BCUT2D eigenvalue weighted by atomic mass is 10.2. The van der Waals surface area contributed by atoms with Crippen molar-refractivity contribution in [3.8, 4) is 0 Å². The molecule has 1 amide bonds. The normalized spacial score (nSPS) is 19.2. The predicted octanol–water partition coefficient (Wildman–Crippen LogP) is 2.19. The number of carbonyl (C=O) groups is 1. The quantitative estimate of drug-likeness (QED) is 0.891. The standard InChI is InChI=1S/C10H13ClN2OS.ClH/c11-9-4-3-7(15-9)6-13-10(14)8-2-1-5-12-8;/h3-4,8,12H,1-2,5-6H2,(H,13,14);1H. The summed E-state index contributed by atoms with van der Waals surface area (Å²) in [7, 11) is 0. The highest BCUT2D eigenvalue weighted by molar-refractivity contribution is 7.16. The second-order valence-corrected chi connectivity index (χ2v) is 5.37. The van der Waals surface area contributed by atoms with Crippen molar-refractivity contribution < 1.29 is 4.79 Å². The van der Waals surface area contributed by atoms with E-state index in [1.807, 2.05) is 12.1 Å². The van der Waals surface area contributed by atoms with Gasteiger partial charge in [0.1, 0.15) is 0 Å². The van der Waals surface area contributed by atoms with Gasteiger partial charge in [-0.2, -0.15) is 0 Å². The monoisotopic (exact) mass is 280 g/mol. The first-order chi connectivity index (χ1) is 7.25. The van der Waals surface area contributed by atoms with Gasteiger partial charge in [0.2, 0.25) is 5.91 Å². The van der Waals surface area contributed by atoms with Crippen LogP contribution in [-0.2, 0) is 11.3 Å². The Kier molecular flexibility index (Phi) is 5.55. The van der Waals surface area contributed by atoms with Crippen LogP contribution in [0, 0.1) is 0 Å². The van der Waals surface area contributed by atoms with E-state index in [1.165, 1.54) is 11.3 Å². The fraction of sp³-hybridized carbons (Fsp3) is 0.500. The minimum absolute atomic E-state index is 0. The number of thiophene rings is 1. The van der Waals surface area contributed by atoms with Gasteiger partial charge in [-0.05, 0) is 31.5 Å². The first kappa shape index (κ1) is 13.8. The van der Waals surface area contributed by atoms with Crippen LogP contribution >= 0.6 is 35.3 Å². The lowest BCUT2D eigenvalue weighted by Crippen LogP contribution is -2.39. The van der Waals surface area contributed by atoms with Crippen LogP contribution in [0.1, 0.15) is 17.7 Å². The molecule has 2 N–H and O–H groups in total. The van der Waals surface area contributed by atoms with E-state index in [-0.39, 0.29) is 24.4 Å². The number of amides is 1. The zero-order valence-electron chi connectivity index (χ0n) is 8.66. The Morgan fingerprint density at radius 1 is 1.62 bits per heavy atom. The van der Waals surface area contributed by atoms with Gasteiger partial charge in [-0.15, -0.1) is 23.7 Å². The molecule has 2 rings (SSSR count). The van der Waals surface area contributed by atoms with Gasteiger partial charge < -0.3 is 10.6 Å². The van der Waals surface area contributed by atoms with Crippen molar-refractivity contribution in [1.82, 2.24) is 10.6 Å². The van der Waals surface area contributed by atoms with Gasteiger partial charge in [-0.1, -0.05) is 11.6 Å². The molecule has 1 atom stereocenters. The van der Waals surface area contributed by atoms with Crippen molar-refractivity contribution in [2.24, 2.45) is 0 Å². The molecule has 6 heteroatoms. The van der Waals surface area contributed by atoms with Crippen LogP contribution in [0.4, 0.5) is 0 Å². The van der Waals surface area contributed by atoms with Crippen molar-refractivity contribution in [3.05, 3.63) is 21.3 Å². The molecular formula is C10H14Cl2N2OS. The molecular weight excluding hydrogens is 267 g/mol. The fourth-order valence-electron chi connectivity index (χ4n) is 1.65. The van der Waals surface area contributed by atoms with Gasteiger partial charge in [0, 0.05) is 4.88 Å². The van der Waals surface area contributed by atoms with Crippen LogP contribution in [0.3, 0.4) is 0 Å². The molecule has 1 fully saturated rings. The SMILES string of the molecule is Cl.O=C(NCc1ccc(Cl)s1)C1CCCN1. The third-order valence-corrected chi connectivity index (χ3v) is 3.67. The van der Waals surface area contributed by atoms with Gasteiger partial charge in [-0.25, -0.2) is 0 Å². The van der Waals surface area contributed by atoms with E-state index < -0.39 is 0 Å². The molecule has 1 saturated heterocycles. The molecule has 0 spiro atoms. The molecule has 1 unspecified atom stereocenters. The summed E-state index contributed by atoms with van der Waals surface area (Å²) in [5, 5.41) is 6.07. The Bertz CT molecular complexity index is 350. The van der Waals surface area contributed by atoms with Crippen LogP contribution in [0.15, 0.2) is 12.1 Å². The van der Waals surface area contributed by atoms with Crippen molar-refractivity contribution in [3.63, 3.8) is 0 Å².